The van der Waals surface area contributed by atoms with E-state index in [0.29, 0.717) is 0 Å². The molecule has 4 aromatic carbocycles. The molecule has 1 saturated heterocycles. The van der Waals surface area contributed by atoms with Crippen molar-refractivity contribution in [1.29, 1.82) is 0 Å². The van der Waals surface area contributed by atoms with E-state index < -0.39 is 0 Å². The highest BCUT2D eigenvalue weighted by molar-refractivity contribution is 5.79. The molecule has 162 valence electrons. The molecule has 4 nitrogen and oxygen atoms in total. The molecule has 5 aromatic rings. The van der Waals surface area contributed by atoms with Crippen molar-refractivity contribution in [2.45, 2.75) is 19.3 Å². The maximum absolute atomic E-state index is 4.76. The lowest BCUT2D eigenvalue weighted by molar-refractivity contribution is 0.578. The molecular formula is C29H26N4. The van der Waals surface area contributed by atoms with E-state index in [4.69, 9.17) is 10.2 Å². The molecule has 1 fully saturated rings. The quantitative estimate of drug-likeness (QED) is 0.316. The van der Waals surface area contributed by atoms with Crippen LogP contribution >= 0.6 is 0 Å². The van der Waals surface area contributed by atoms with Gasteiger partial charge in [0.05, 0.1) is 5.69 Å². The molecule has 33 heavy (non-hydrogen) atoms. The molecule has 0 aliphatic carbocycles. The molecule has 6 rings (SSSR count). The van der Waals surface area contributed by atoms with Crippen LogP contribution in [0.4, 0.5) is 5.69 Å². The third-order valence-electron chi connectivity index (χ3n) is 6.51. The Kier molecular flexibility index (Phi) is 5.11. The molecule has 0 unspecified atom stereocenters. The van der Waals surface area contributed by atoms with Gasteiger partial charge in [-0.3, -0.25) is 0 Å². The zero-order valence-corrected chi connectivity index (χ0v) is 18.6. The van der Waals surface area contributed by atoms with Crippen LogP contribution in [0.15, 0.2) is 97.1 Å². The van der Waals surface area contributed by atoms with Gasteiger partial charge in [0.25, 0.3) is 0 Å². The normalized spacial score (nSPS) is 14.0. The third-order valence-corrected chi connectivity index (χ3v) is 6.51. The number of nitrogens with zero attached hydrogens (tertiary/aromatic N) is 4. The standard InChI is InChI=1S/C29H26N4/c1-3-7-22(8-4-1)23-9-11-24(12-10-23)25-13-15-26(16-14-25)33-30-28-18-17-27(21-29(28)31-33)32-19-5-2-6-20-32/h1,3-4,7-18,21H,2,5-6,19-20H2. The predicted molar refractivity (Wildman–Crippen MR) is 136 cm³/mol. The Morgan fingerprint density at radius 1 is 0.485 bits per heavy atom. The minimum absolute atomic E-state index is 0.927. The minimum atomic E-state index is 0.927. The first kappa shape index (κ1) is 19.7. The Hall–Kier alpha value is -3.92. The Balaban J connectivity index is 1.23. The van der Waals surface area contributed by atoms with Crippen molar-refractivity contribution in [2.24, 2.45) is 0 Å². The number of piperidine rings is 1. The highest BCUT2D eigenvalue weighted by Crippen LogP contribution is 2.27. The van der Waals surface area contributed by atoms with Crippen LogP contribution in [0.25, 0.3) is 39.0 Å². The minimum Gasteiger partial charge on any atom is -0.371 e. The monoisotopic (exact) mass is 430 g/mol. The van der Waals surface area contributed by atoms with Crippen LogP contribution in [0, 0.1) is 0 Å². The van der Waals surface area contributed by atoms with Gasteiger partial charge in [0.2, 0.25) is 0 Å². The number of aromatic nitrogens is 3. The molecule has 0 radical (unpaired) electrons. The van der Waals surface area contributed by atoms with Crippen LogP contribution in [-0.2, 0) is 0 Å². The van der Waals surface area contributed by atoms with Crippen LogP contribution in [0.1, 0.15) is 19.3 Å². The average molecular weight is 431 g/mol. The molecule has 0 amide bonds. The van der Waals surface area contributed by atoms with Gasteiger partial charge in [-0.15, -0.1) is 10.2 Å². The number of hydrogen-bond acceptors (Lipinski definition) is 3. The highest BCUT2D eigenvalue weighted by Gasteiger charge is 2.13. The van der Waals surface area contributed by atoms with Gasteiger partial charge in [0.15, 0.2) is 0 Å². The van der Waals surface area contributed by atoms with Crippen LogP contribution in [-0.4, -0.2) is 28.1 Å². The van der Waals surface area contributed by atoms with E-state index >= 15 is 0 Å². The van der Waals surface area contributed by atoms with Crippen LogP contribution in [0.5, 0.6) is 0 Å². The molecule has 0 N–H and O–H groups in total. The summed E-state index contributed by atoms with van der Waals surface area (Å²) in [6.07, 6.45) is 3.88. The van der Waals surface area contributed by atoms with E-state index in [2.05, 4.69) is 95.9 Å². The first-order valence-corrected chi connectivity index (χ1v) is 11.7. The number of benzene rings is 4. The molecule has 0 saturated carbocycles. The lowest BCUT2D eigenvalue weighted by Crippen LogP contribution is -2.29. The first-order valence-electron chi connectivity index (χ1n) is 11.7. The van der Waals surface area contributed by atoms with E-state index in [-0.39, 0.29) is 0 Å². The summed E-state index contributed by atoms with van der Waals surface area (Å²) in [4.78, 5) is 4.20. The Labute approximate surface area is 194 Å². The molecule has 0 spiro atoms. The fourth-order valence-electron chi connectivity index (χ4n) is 4.64. The van der Waals surface area contributed by atoms with E-state index in [0.717, 1.165) is 29.8 Å². The topological polar surface area (TPSA) is 34.0 Å². The number of hydrogen-bond donors (Lipinski definition) is 0. The largest absolute Gasteiger partial charge is 0.371 e. The van der Waals surface area contributed by atoms with Crippen molar-refractivity contribution < 1.29 is 0 Å². The smallest absolute Gasteiger partial charge is 0.115 e. The van der Waals surface area contributed by atoms with E-state index in [1.807, 2.05) is 6.07 Å². The van der Waals surface area contributed by atoms with Crippen LogP contribution < -0.4 is 4.90 Å². The summed E-state index contributed by atoms with van der Waals surface area (Å²) in [5.41, 5.74) is 8.94. The molecule has 1 aliphatic heterocycles. The van der Waals surface area contributed by atoms with E-state index in [1.54, 1.807) is 4.80 Å². The van der Waals surface area contributed by atoms with E-state index in [1.165, 1.54) is 47.2 Å². The molecule has 4 heteroatoms. The number of anilines is 1. The molecule has 1 aromatic heterocycles. The van der Waals surface area contributed by atoms with Gasteiger partial charge in [0.1, 0.15) is 11.0 Å². The van der Waals surface area contributed by atoms with Gasteiger partial charge < -0.3 is 4.90 Å². The SMILES string of the molecule is c1ccc(-c2ccc(-c3ccc(-n4nc5ccc(N6CCCCC6)cc5n4)cc3)cc2)cc1. The van der Waals surface area contributed by atoms with Crippen molar-refractivity contribution in [3.05, 3.63) is 97.1 Å². The molecular weight excluding hydrogens is 404 g/mol. The predicted octanol–water partition coefficient (Wildman–Crippen LogP) is 6.74. The summed E-state index contributed by atoms with van der Waals surface area (Å²) in [5, 5.41) is 9.47. The molecule has 0 bridgehead atoms. The molecule has 1 aliphatic rings. The molecule has 0 atom stereocenters. The second-order valence-corrected chi connectivity index (χ2v) is 8.70. The Morgan fingerprint density at radius 3 is 1.70 bits per heavy atom. The molecule has 2 heterocycles. The zero-order valence-electron chi connectivity index (χ0n) is 18.6. The number of rotatable bonds is 4. The van der Waals surface area contributed by atoms with Crippen LogP contribution in [0.3, 0.4) is 0 Å². The van der Waals surface area contributed by atoms with Crippen molar-refractivity contribution in [3.63, 3.8) is 0 Å². The van der Waals surface area contributed by atoms with Gasteiger partial charge in [0, 0.05) is 18.8 Å². The van der Waals surface area contributed by atoms with Gasteiger partial charge in [-0.1, -0.05) is 66.7 Å². The summed E-state index contributed by atoms with van der Waals surface area (Å²) in [6.45, 7) is 2.26. The van der Waals surface area contributed by atoms with Gasteiger partial charge in [-0.2, -0.15) is 4.80 Å². The van der Waals surface area contributed by atoms with Gasteiger partial charge in [-0.05, 0) is 71.8 Å². The zero-order chi connectivity index (χ0) is 22.0. The second kappa shape index (κ2) is 8.55. The number of fused-ring (bicyclic) bond motifs is 1. The maximum Gasteiger partial charge on any atom is 0.115 e. The summed E-state index contributed by atoms with van der Waals surface area (Å²) in [6, 6.07) is 34.1. The Bertz CT molecular complexity index is 1360. The fourth-order valence-corrected chi connectivity index (χ4v) is 4.64. The van der Waals surface area contributed by atoms with Crippen molar-refractivity contribution >= 4 is 16.7 Å². The van der Waals surface area contributed by atoms with Gasteiger partial charge in [-0.25, -0.2) is 0 Å². The summed E-state index contributed by atoms with van der Waals surface area (Å²) in [5.74, 6) is 0. The maximum atomic E-state index is 4.76. The van der Waals surface area contributed by atoms with Crippen LogP contribution in [0.2, 0.25) is 0 Å². The first-order chi connectivity index (χ1) is 16.3. The Morgan fingerprint density at radius 2 is 1.03 bits per heavy atom. The third kappa shape index (κ3) is 4.00. The average Bonchev–Trinajstić information content (AvgIpc) is 3.33. The summed E-state index contributed by atoms with van der Waals surface area (Å²) < 4.78 is 0. The second-order valence-electron chi connectivity index (χ2n) is 8.70. The summed E-state index contributed by atoms with van der Waals surface area (Å²) in [7, 11) is 0. The van der Waals surface area contributed by atoms with Crippen molar-refractivity contribution in [1.82, 2.24) is 15.0 Å². The summed E-state index contributed by atoms with van der Waals surface area (Å²) >= 11 is 0. The highest BCUT2D eigenvalue weighted by atomic mass is 15.5. The fraction of sp³-hybridized carbons (Fsp3) is 0.172. The van der Waals surface area contributed by atoms with Crippen molar-refractivity contribution in [2.75, 3.05) is 18.0 Å². The van der Waals surface area contributed by atoms with Gasteiger partial charge >= 0.3 is 0 Å². The lowest BCUT2D eigenvalue weighted by Gasteiger charge is -2.28. The van der Waals surface area contributed by atoms with E-state index in [9.17, 15) is 0 Å². The lowest BCUT2D eigenvalue weighted by atomic mass is 10.0. The van der Waals surface area contributed by atoms with Crippen molar-refractivity contribution in [3.8, 4) is 27.9 Å².